The van der Waals surface area contributed by atoms with Crippen LogP contribution >= 0.6 is 0 Å². The van der Waals surface area contributed by atoms with Crippen molar-refractivity contribution in [2.45, 2.75) is 61.4 Å². The average molecular weight is 548 g/mol. The molecule has 1 saturated heterocycles. The van der Waals surface area contributed by atoms with E-state index >= 15 is 0 Å². The van der Waals surface area contributed by atoms with E-state index in [1.54, 1.807) is 54.6 Å². The third-order valence-electron chi connectivity index (χ3n) is 7.66. The van der Waals surface area contributed by atoms with Crippen LogP contribution in [0.25, 0.3) is 0 Å². The fraction of sp³-hybridized carbons (Fsp3) is 0.355. The highest BCUT2D eigenvalue weighted by Crippen LogP contribution is 2.36. The van der Waals surface area contributed by atoms with E-state index in [1.807, 2.05) is 0 Å². The highest BCUT2D eigenvalue weighted by Gasteiger charge is 2.31. The van der Waals surface area contributed by atoms with Gasteiger partial charge in [-0.2, -0.15) is 0 Å². The number of carbonyl (C=O) groups is 2. The van der Waals surface area contributed by atoms with E-state index in [0.29, 0.717) is 39.2 Å². The molecule has 3 aromatic carbocycles. The van der Waals surface area contributed by atoms with Crippen LogP contribution in [0.1, 0.15) is 65.3 Å². The number of hydrogen-bond acceptors (Lipinski definition) is 4. The maximum atomic E-state index is 13.7. The van der Waals surface area contributed by atoms with Gasteiger partial charge in [0, 0.05) is 24.7 Å². The number of fused-ring (bicyclic) bond motifs is 2. The third-order valence-corrected chi connectivity index (χ3v) is 9.16. The molecular formula is C31H34FN3O3S. The summed E-state index contributed by atoms with van der Waals surface area (Å²) in [4.78, 5) is 31.8. The second-order valence-electron chi connectivity index (χ2n) is 10.2. The molecule has 2 amide bonds. The highest BCUT2D eigenvalue weighted by molar-refractivity contribution is 7.85. The molecule has 0 aromatic heterocycles. The molecule has 39 heavy (non-hydrogen) atoms. The molecule has 0 aliphatic carbocycles. The Labute approximate surface area is 231 Å². The van der Waals surface area contributed by atoms with Crippen LogP contribution in [0.4, 0.5) is 10.1 Å². The van der Waals surface area contributed by atoms with Crippen LogP contribution in [-0.2, 0) is 17.3 Å². The van der Waals surface area contributed by atoms with Crippen LogP contribution in [0, 0.1) is 5.82 Å². The predicted molar refractivity (Wildman–Crippen MR) is 151 cm³/mol. The quantitative estimate of drug-likeness (QED) is 0.376. The van der Waals surface area contributed by atoms with E-state index < -0.39 is 10.8 Å². The monoisotopic (exact) mass is 547 g/mol. The van der Waals surface area contributed by atoms with Gasteiger partial charge in [0.15, 0.2) is 0 Å². The third kappa shape index (κ3) is 5.97. The molecule has 0 bridgehead atoms. The van der Waals surface area contributed by atoms with Gasteiger partial charge in [0.2, 0.25) is 0 Å². The standard InChI is InChI=1S/C31H34FN3O3S/c1-2-25-8-5-6-18-34(25)19-7-17-33-30(36)23-13-16-29-27(20-23)35(21-22-11-14-24(32)15-12-22)31(37)26-9-3-4-10-28(26)39(29)38/h3-4,9-16,20,25H,2,5-8,17-19,21H2,1H3,(H,33,36)/t25-,39+/m1/s1. The second kappa shape index (κ2) is 12.2. The molecule has 0 unspecified atom stereocenters. The van der Waals surface area contributed by atoms with Crippen molar-refractivity contribution in [3.8, 4) is 0 Å². The number of likely N-dealkylation sites (tertiary alicyclic amines) is 1. The molecule has 0 radical (unpaired) electrons. The Morgan fingerprint density at radius 2 is 1.85 bits per heavy atom. The van der Waals surface area contributed by atoms with Gasteiger partial charge in [-0.05, 0) is 80.3 Å². The number of amides is 2. The van der Waals surface area contributed by atoms with E-state index in [9.17, 15) is 18.2 Å². The topological polar surface area (TPSA) is 69.7 Å². The summed E-state index contributed by atoms with van der Waals surface area (Å²) in [6.07, 6.45) is 5.79. The lowest BCUT2D eigenvalue weighted by atomic mass is 10.00. The Hall–Kier alpha value is -3.36. The first-order valence-electron chi connectivity index (χ1n) is 13.7. The van der Waals surface area contributed by atoms with E-state index in [0.717, 1.165) is 31.5 Å². The van der Waals surface area contributed by atoms with Gasteiger partial charge >= 0.3 is 0 Å². The van der Waals surface area contributed by atoms with Crippen molar-refractivity contribution >= 4 is 28.3 Å². The largest absolute Gasteiger partial charge is 0.352 e. The minimum atomic E-state index is -1.61. The number of halogens is 1. The number of nitrogens with zero attached hydrogens (tertiary/aromatic N) is 2. The number of benzene rings is 3. The molecule has 5 rings (SSSR count). The van der Waals surface area contributed by atoms with Crippen molar-refractivity contribution in [3.05, 3.63) is 89.2 Å². The van der Waals surface area contributed by atoms with Crippen molar-refractivity contribution in [1.29, 1.82) is 0 Å². The zero-order chi connectivity index (χ0) is 27.4. The molecule has 2 aliphatic heterocycles. The smallest absolute Gasteiger partial charge is 0.259 e. The zero-order valence-electron chi connectivity index (χ0n) is 22.2. The summed E-state index contributed by atoms with van der Waals surface area (Å²) in [5.41, 5.74) is 1.89. The SMILES string of the molecule is CC[C@@H]1CCCCN1CCCNC(=O)c1ccc2c(c1)N(Cc1ccc(F)cc1)C(=O)c1ccccc1[S@@]2=O. The van der Waals surface area contributed by atoms with Crippen LogP contribution in [0.15, 0.2) is 76.5 Å². The predicted octanol–water partition coefficient (Wildman–Crippen LogP) is 5.54. The number of hydrogen-bond donors (Lipinski definition) is 1. The lowest BCUT2D eigenvalue weighted by molar-refractivity contribution is 0.0944. The highest BCUT2D eigenvalue weighted by atomic mass is 32.2. The number of rotatable bonds is 8. The first-order chi connectivity index (χ1) is 19.0. The minimum Gasteiger partial charge on any atom is -0.352 e. The molecule has 1 fully saturated rings. The van der Waals surface area contributed by atoms with Crippen LogP contribution in [0.2, 0.25) is 0 Å². The van der Waals surface area contributed by atoms with Crippen LogP contribution in [-0.4, -0.2) is 46.6 Å². The number of anilines is 1. The second-order valence-corrected chi connectivity index (χ2v) is 11.6. The lowest BCUT2D eigenvalue weighted by Crippen LogP contribution is -2.40. The summed E-state index contributed by atoms with van der Waals surface area (Å²) in [6.45, 7) is 5.02. The van der Waals surface area contributed by atoms with E-state index in [4.69, 9.17) is 0 Å². The Kier molecular flexibility index (Phi) is 8.53. The van der Waals surface area contributed by atoms with Gasteiger partial charge in [0.1, 0.15) is 5.82 Å². The van der Waals surface area contributed by atoms with Gasteiger partial charge in [-0.3, -0.25) is 9.59 Å². The zero-order valence-corrected chi connectivity index (χ0v) is 23.0. The van der Waals surface area contributed by atoms with Crippen LogP contribution in [0.3, 0.4) is 0 Å². The fourth-order valence-electron chi connectivity index (χ4n) is 5.54. The van der Waals surface area contributed by atoms with Crippen molar-refractivity contribution in [3.63, 3.8) is 0 Å². The molecule has 8 heteroatoms. The average Bonchev–Trinajstić information content (AvgIpc) is 3.05. The Morgan fingerprint density at radius 1 is 1.05 bits per heavy atom. The van der Waals surface area contributed by atoms with Crippen molar-refractivity contribution < 1.29 is 18.2 Å². The van der Waals surface area contributed by atoms with E-state index in [1.165, 1.54) is 36.3 Å². The van der Waals surface area contributed by atoms with E-state index in [-0.39, 0.29) is 24.2 Å². The van der Waals surface area contributed by atoms with Crippen molar-refractivity contribution in [1.82, 2.24) is 10.2 Å². The minimum absolute atomic E-state index is 0.150. The number of piperidine rings is 1. The Balaban J connectivity index is 1.37. The molecule has 0 saturated carbocycles. The summed E-state index contributed by atoms with van der Waals surface area (Å²) in [6, 6.07) is 18.4. The molecule has 3 aromatic rings. The summed E-state index contributed by atoms with van der Waals surface area (Å²) in [7, 11) is -1.61. The van der Waals surface area contributed by atoms with E-state index in [2.05, 4.69) is 17.1 Å². The van der Waals surface area contributed by atoms with Gasteiger partial charge in [-0.1, -0.05) is 37.6 Å². The summed E-state index contributed by atoms with van der Waals surface area (Å²) in [5, 5.41) is 3.02. The molecule has 1 N–H and O–H groups in total. The van der Waals surface area contributed by atoms with Gasteiger partial charge in [-0.15, -0.1) is 0 Å². The lowest BCUT2D eigenvalue weighted by Gasteiger charge is -2.35. The maximum absolute atomic E-state index is 13.7. The molecular weight excluding hydrogens is 513 g/mol. The van der Waals surface area contributed by atoms with Crippen molar-refractivity contribution in [2.75, 3.05) is 24.5 Å². The van der Waals surface area contributed by atoms with Gasteiger partial charge in [-0.25, -0.2) is 8.60 Å². The van der Waals surface area contributed by atoms with Crippen molar-refractivity contribution in [2.24, 2.45) is 0 Å². The molecule has 6 nitrogen and oxygen atoms in total. The van der Waals surface area contributed by atoms with Gasteiger partial charge in [0.25, 0.3) is 11.8 Å². The number of carbonyl (C=O) groups excluding carboxylic acids is 2. The first-order valence-corrected chi connectivity index (χ1v) is 14.8. The Bertz CT molecular complexity index is 1380. The molecule has 204 valence electrons. The molecule has 2 aliphatic rings. The van der Waals surface area contributed by atoms with Crippen LogP contribution in [0.5, 0.6) is 0 Å². The first kappa shape index (κ1) is 27.2. The Morgan fingerprint density at radius 3 is 2.64 bits per heavy atom. The summed E-state index contributed by atoms with van der Waals surface area (Å²) >= 11 is 0. The van der Waals surface area contributed by atoms with Gasteiger partial charge in [0.05, 0.1) is 38.4 Å². The molecule has 2 atom stereocenters. The maximum Gasteiger partial charge on any atom is 0.259 e. The molecule has 2 heterocycles. The summed E-state index contributed by atoms with van der Waals surface area (Å²) in [5.74, 6) is -0.908. The van der Waals surface area contributed by atoms with Gasteiger partial charge < -0.3 is 15.1 Å². The molecule has 0 spiro atoms. The fourth-order valence-corrected chi connectivity index (χ4v) is 6.88. The van der Waals surface area contributed by atoms with Crippen LogP contribution < -0.4 is 10.2 Å². The normalized spacial score (nSPS) is 19.2. The summed E-state index contributed by atoms with van der Waals surface area (Å²) < 4.78 is 27.1. The number of nitrogens with one attached hydrogen (secondary N) is 1.